The van der Waals surface area contributed by atoms with Gasteiger partial charge in [-0.05, 0) is 24.6 Å². The van der Waals surface area contributed by atoms with Gasteiger partial charge in [0.2, 0.25) is 0 Å². The highest BCUT2D eigenvalue weighted by Gasteiger charge is 2.09. The van der Waals surface area contributed by atoms with Crippen LogP contribution in [-0.2, 0) is 6.54 Å². The predicted octanol–water partition coefficient (Wildman–Crippen LogP) is 2.69. The lowest BCUT2D eigenvalue weighted by molar-refractivity contribution is 0.815. The van der Waals surface area contributed by atoms with Crippen molar-refractivity contribution in [2.24, 2.45) is 0 Å². The largest absolute Gasteiger partial charge is 0.396 e. The summed E-state index contributed by atoms with van der Waals surface area (Å²) in [6.07, 6.45) is 1.78. The maximum atomic E-state index is 5.95. The van der Waals surface area contributed by atoms with Gasteiger partial charge in [-0.3, -0.25) is 0 Å². The van der Waals surface area contributed by atoms with Crippen LogP contribution in [0.5, 0.6) is 0 Å². The van der Waals surface area contributed by atoms with Gasteiger partial charge in [0.25, 0.3) is 0 Å². The van der Waals surface area contributed by atoms with E-state index in [2.05, 4.69) is 28.9 Å². The molecule has 0 amide bonds. The molecule has 1 aromatic heterocycles. The molecule has 0 radical (unpaired) electrons. The minimum absolute atomic E-state index is 0.727. The van der Waals surface area contributed by atoms with Crippen LogP contribution in [0.3, 0.4) is 0 Å². The van der Waals surface area contributed by atoms with Crippen molar-refractivity contribution >= 4 is 11.5 Å². The Bertz CT molecular complexity index is 468. The molecule has 0 fully saturated rings. The zero-order chi connectivity index (χ0) is 12.1. The molecular formula is C14H17N3. The van der Waals surface area contributed by atoms with E-state index in [1.54, 1.807) is 6.20 Å². The third kappa shape index (κ3) is 2.75. The molecule has 1 aromatic carbocycles. The monoisotopic (exact) mass is 227 g/mol. The lowest BCUT2D eigenvalue weighted by Gasteiger charge is -2.23. The SMILES string of the molecule is CCN(Cc1ccccc1)c1ncccc1N. The molecule has 17 heavy (non-hydrogen) atoms. The minimum Gasteiger partial charge on any atom is -0.396 e. The number of benzene rings is 1. The second kappa shape index (κ2) is 5.34. The average molecular weight is 227 g/mol. The zero-order valence-corrected chi connectivity index (χ0v) is 10.0. The molecule has 0 saturated carbocycles. The van der Waals surface area contributed by atoms with Crippen LogP contribution in [0.2, 0.25) is 0 Å². The number of anilines is 2. The van der Waals surface area contributed by atoms with Gasteiger partial charge in [0.15, 0.2) is 5.82 Å². The van der Waals surface area contributed by atoms with E-state index in [1.165, 1.54) is 5.56 Å². The number of nitrogens with zero attached hydrogens (tertiary/aromatic N) is 2. The van der Waals surface area contributed by atoms with Crippen LogP contribution in [0.4, 0.5) is 11.5 Å². The first-order valence-electron chi connectivity index (χ1n) is 5.80. The van der Waals surface area contributed by atoms with Crippen molar-refractivity contribution in [2.75, 3.05) is 17.2 Å². The Hall–Kier alpha value is -2.03. The van der Waals surface area contributed by atoms with Crippen molar-refractivity contribution in [3.05, 3.63) is 54.2 Å². The highest BCUT2D eigenvalue weighted by Crippen LogP contribution is 2.20. The Labute approximate surface area is 102 Å². The summed E-state index contributed by atoms with van der Waals surface area (Å²) in [5.41, 5.74) is 7.94. The number of rotatable bonds is 4. The highest BCUT2D eigenvalue weighted by molar-refractivity contribution is 5.62. The number of hydrogen-bond acceptors (Lipinski definition) is 3. The maximum absolute atomic E-state index is 5.95. The topological polar surface area (TPSA) is 42.2 Å². The Morgan fingerprint density at radius 3 is 2.53 bits per heavy atom. The number of pyridine rings is 1. The van der Waals surface area contributed by atoms with Crippen LogP contribution in [0.25, 0.3) is 0 Å². The van der Waals surface area contributed by atoms with Crippen LogP contribution in [0.1, 0.15) is 12.5 Å². The molecule has 0 aliphatic rings. The van der Waals surface area contributed by atoms with E-state index < -0.39 is 0 Å². The molecule has 0 bridgehead atoms. The van der Waals surface area contributed by atoms with Crippen LogP contribution >= 0.6 is 0 Å². The maximum Gasteiger partial charge on any atom is 0.152 e. The van der Waals surface area contributed by atoms with Gasteiger partial charge in [0.1, 0.15) is 0 Å². The van der Waals surface area contributed by atoms with E-state index >= 15 is 0 Å². The number of aromatic nitrogens is 1. The highest BCUT2D eigenvalue weighted by atomic mass is 15.2. The van der Waals surface area contributed by atoms with Crippen molar-refractivity contribution in [3.8, 4) is 0 Å². The number of nitrogen functional groups attached to an aromatic ring is 1. The molecule has 88 valence electrons. The van der Waals surface area contributed by atoms with E-state index in [0.717, 1.165) is 24.6 Å². The molecule has 2 rings (SSSR count). The van der Waals surface area contributed by atoms with Crippen molar-refractivity contribution in [1.82, 2.24) is 4.98 Å². The van der Waals surface area contributed by atoms with E-state index in [0.29, 0.717) is 0 Å². The third-order valence-electron chi connectivity index (χ3n) is 2.71. The number of nitrogens with two attached hydrogens (primary N) is 1. The van der Waals surface area contributed by atoms with Crippen LogP contribution in [0.15, 0.2) is 48.7 Å². The lowest BCUT2D eigenvalue weighted by Crippen LogP contribution is -2.24. The van der Waals surface area contributed by atoms with Gasteiger partial charge in [-0.2, -0.15) is 0 Å². The summed E-state index contributed by atoms with van der Waals surface area (Å²) in [6, 6.07) is 14.1. The third-order valence-corrected chi connectivity index (χ3v) is 2.71. The molecule has 2 aromatic rings. The Balaban J connectivity index is 2.21. The summed E-state index contributed by atoms with van der Waals surface area (Å²) in [7, 11) is 0. The summed E-state index contributed by atoms with van der Waals surface area (Å²) in [4.78, 5) is 6.52. The Morgan fingerprint density at radius 1 is 1.12 bits per heavy atom. The van der Waals surface area contributed by atoms with E-state index in [4.69, 9.17) is 5.73 Å². The average Bonchev–Trinajstić information content (AvgIpc) is 2.38. The van der Waals surface area contributed by atoms with Crippen molar-refractivity contribution in [1.29, 1.82) is 0 Å². The van der Waals surface area contributed by atoms with Crippen molar-refractivity contribution in [3.63, 3.8) is 0 Å². The fourth-order valence-electron chi connectivity index (χ4n) is 1.81. The molecule has 0 spiro atoms. The second-order valence-electron chi connectivity index (χ2n) is 3.92. The Morgan fingerprint density at radius 2 is 1.88 bits per heavy atom. The van der Waals surface area contributed by atoms with E-state index in [1.807, 2.05) is 30.3 Å². The molecule has 0 aliphatic heterocycles. The quantitative estimate of drug-likeness (QED) is 0.873. The standard InChI is InChI=1S/C14H17N3/c1-2-17(11-12-7-4-3-5-8-12)14-13(15)9-6-10-16-14/h3-10H,2,11,15H2,1H3. The molecule has 0 unspecified atom stereocenters. The van der Waals surface area contributed by atoms with Gasteiger partial charge < -0.3 is 10.6 Å². The summed E-state index contributed by atoms with van der Waals surface area (Å²) < 4.78 is 0. The summed E-state index contributed by atoms with van der Waals surface area (Å²) in [6.45, 7) is 3.83. The molecular weight excluding hydrogens is 210 g/mol. The Kier molecular flexibility index (Phi) is 3.60. The summed E-state index contributed by atoms with van der Waals surface area (Å²) in [5, 5.41) is 0. The second-order valence-corrected chi connectivity index (χ2v) is 3.92. The predicted molar refractivity (Wildman–Crippen MR) is 71.8 cm³/mol. The van der Waals surface area contributed by atoms with Crippen LogP contribution < -0.4 is 10.6 Å². The van der Waals surface area contributed by atoms with Gasteiger partial charge in [-0.25, -0.2) is 4.98 Å². The molecule has 0 aliphatic carbocycles. The first-order valence-corrected chi connectivity index (χ1v) is 5.80. The first-order chi connectivity index (χ1) is 8.31. The number of hydrogen-bond donors (Lipinski definition) is 1. The smallest absolute Gasteiger partial charge is 0.152 e. The van der Waals surface area contributed by atoms with Crippen molar-refractivity contribution in [2.45, 2.75) is 13.5 Å². The van der Waals surface area contributed by atoms with Gasteiger partial charge in [-0.1, -0.05) is 30.3 Å². The van der Waals surface area contributed by atoms with Gasteiger partial charge >= 0.3 is 0 Å². The van der Waals surface area contributed by atoms with Crippen molar-refractivity contribution < 1.29 is 0 Å². The van der Waals surface area contributed by atoms with Gasteiger partial charge in [0.05, 0.1) is 5.69 Å². The first kappa shape index (κ1) is 11.5. The zero-order valence-electron chi connectivity index (χ0n) is 10.0. The van der Waals surface area contributed by atoms with Gasteiger partial charge in [0, 0.05) is 19.3 Å². The molecule has 1 heterocycles. The summed E-state index contributed by atoms with van der Waals surface area (Å²) in [5.74, 6) is 0.860. The van der Waals surface area contributed by atoms with E-state index in [9.17, 15) is 0 Å². The summed E-state index contributed by atoms with van der Waals surface area (Å²) >= 11 is 0. The van der Waals surface area contributed by atoms with Gasteiger partial charge in [-0.15, -0.1) is 0 Å². The molecule has 3 nitrogen and oxygen atoms in total. The minimum atomic E-state index is 0.727. The molecule has 3 heteroatoms. The normalized spacial score (nSPS) is 10.2. The molecule has 0 atom stereocenters. The molecule has 2 N–H and O–H groups in total. The fraction of sp³-hybridized carbons (Fsp3) is 0.214. The van der Waals surface area contributed by atoms with E-state index in [-0.39, 0.29) is 0 Å². The fourth-order valence-corrected chi connectivity index (χ4v) is 1.81. The van der Waals surface area contributed by atoms with Crippen LogP contribution in [-0.4, -0.2) is 11.5 Å². The lowest BCUT2D eigenvalue weighted by atomic mass is 10.2. The van der Waals surface area contributed by atoms with Crippen LogP contribution in [0, 0.1) is 0 Å². The molecule has 0 saturated heterocycles.